The van der Waals surface area contributed by atoms with Gasteiger partial charge in [-0.25, -0.2) is 8.78 Å². The Hall–Kier alpha value is -2.94. The predicted molar refractivity (Wildman–Crippen MR) is 118 cm³/mol. The van der Waals surface area contributed by atoms with Gasteiger partial charge in [0.05, 0.1) is 23.2 Å². The fraction of sp³-hybridized carbons (Fsp3) is 0.409. The molecule has 2 aliphatic rings. The van der Waals surface area contributed by atoms with Crippen LogP contribution in [0.3, 0.4) is 0 Å². The van der Waals surface area contributed by atoms with E-state index in [4.69, 9.17) is 11.6 Å². The molecule has 2 fully saturated rings. The standard InChI is InChI=1S/C22H23ClF2N4O3/c23-20-14(15-6-7-19(30)26-21(15)31)3-1-4-16(20)27-9-11-28(12-10-27)17-5-2-8-29(22(17)32)13-18(24)25/h1-5,8,15,18H,6-7,9-13H2,(H,26,30,31). The summed E-state index contributed by atoms with van der Waals surface area (Å²) in [5.74, 6) is -1.09. The van der Waals surface area contributed by atoms with Crippen LogP contribution in [0.25, 0.3) is 0 Å². The molecule has 170 valence electrons. The van der Waals surface area contributed by atoms with E-state index in [1.807, 2.05) is 17.0 Å². The molecular weight excluding hydrogens is 442 g/mol. The highest BCUT2D eigenvalue weighted by molar-refractivity contribution is 6.34. The fourth-order valence-corrected chi connectivity index (χ4v) is 4.66. The number of alkyl halides is 2. The monoisotopic (exact) mass is 464 g/mol. The highest BCUT2D eigenvalue weighted by Crippen LogP contribution is 2.37. The molecule has 32 heavy (non-hydrogen) atoms. The third kappa shape index (κ3) is 4.48. The van der Waals surface area contributed by atoms with Crippen LogP contribution in [0.4, 0.5) is 20.2 Å². The number of carbonyl (C=O) groups excluding carboxylic acids is 2. The van der Waals surface area contributed by atoms with E-state index in [1.54, 1.807) is 18.2 Å². The van der Waals surface area contributed by atoms with Crippen molar-refractivity contribution in [2.75, 3.05) is 36.0 Å². The van der Waals surface area contributed by atoms with Gasteiger partial charge in [-0.15, -0.1) is 0 Å². The van der Waals surface area contributed by atoms with Crippen molar-refractivity contribution in [2.45, 2.75) is 31.7 Å². The van der Waals surface area contributed by atoms with Gasteiger partial charge < -0.3 is 14.4 Å². The van der Waals surface area contributed by atoms with Gasteiger partial charge >= 0.3 is 0 Å². The minimum absolute atomic E-state index is 0.274. The van der Waals surface area contributed by atoms with Crippen molar-refractivity contribution in [3.05, 3.63) is 57.5 Å². The highest BCUT2D eigenvalue weighted by Gasteiger charge is 2.31. The molecule has 0 bridgehead atoms. The number of pyridine rings is 1. The molecule has 10 heteroatoms. The second-order valence-corrected chi connectivity index (χ2v) is 8.28. The number of aromatic nitrogens is 1. The summed E-state index contributed by atoms with van der Waals surface area (Å²) in [5, 5.41) is 2.85. The second kappa shape index (κ2) is 9.28. The van der Waals surface area contributed by atoms with Gasteiger partial charge in [0.1, 0.15) is 5.69 Å². The molecule has 1 unspecified atom stereocenters. The Labute approximate surface area is 188 Å². The average molecular weight is 465 g/mol. The lowest BCUT2D eigenvalue weighted by Gasteiger charge is -2.38. The lowest BCUT2D eigenvalue weighted by Crippen LogP contribution is -2.48. The summed E-state index contributed by atoms with van der Waals surface area (Å²) in [6.07, 6.45) is -0.538. The van der Waals surface area contributed by atoms with Gasteiger partial charge in [0.15, 0.2) is 0 Å². The van der Waals surface area contributed by atoms with Gasteiger partial charge in [-0.2, -0.15) is 0 Å². The third-order valence-electron chi connectivity index (χ3n) is 5.92. The summed E-state index contributed by atoms with van der Waals surface area (Å²) >= 11 is 6.68. The fourth-order valence-electron chi connectivity index (χ4n) is 4.29. The van der Waals surface area contributed by atoms with Crippen LogP contribution in [0.5, 0.6) is 0 Å². The number of piperidine rings is 1. The number of hydrogen-bond acceptors (Lipinski definition) is 5. The molecule has 0 radical (unpaired) electrons. The molecule has 0 aliphatic carbocycles. The van der Waals surface area contributed by atoms with Crippen LogP contribution in [0, 0.1) is 0 Å². The van der Waals surface area contributed by atoms with E-state index < -0.39 is 24.4 Å². The first-order valence-electron chi connectivity index (χ1n) is 10.4. The Balaban J connectivity index is 1.49. The first kappa shape index (κ1) is 22.3. The normalized spacial score (nSPS) is 19.4. The lowest BCUT2D eigenvalue weighted by atomic mass is 9.90. The van der Waals surface area contributed by atoms with Crippen molar-refractivity contribution in [1.82, 2.24) is 9.88 Å². The minimum atomic E-state index is -2.60. The summed E-state index contributed by atoms with van der Waals surface area (Å²) in [5.41, 5.74) is 1.45. The quantitative estimate of drug-likeness (QED) is 0.688. The molecule has 0 saturated carbocycles. The summed E-state index contributed by atoms with van der Waals surface area (Å²) < 4.78 is 26.5. The van der Waals surface area contributed by atoms with Crippen LogP contribution in [-0.2, 0) is 16.1 Å². The SMILES string of the molecule is O=C1CCC(c2cccc(N3CCN(c4cccn(CC(F)F)c4=O)CC3)c2Cl)C(=O)N1. The van der Waals surface area contributed by atoms with Crippen LogP contribution >= 0.6 is 11.6 Å². The first-order valence-corrected chi connectivity index (χ1v) is 10.8. The Morgan fingerprint density at radius 3 is 2.31 bits per heavy atom. The van der Waals surface area contributed by atoms with Gasteiger partial charge in [0, 0.05) is 38.8 Å². The molecule has 4 rings (SSSR count). The third-order valence-corrected chi connectivity index (χ3v) is 6.33. The number of anilines is 2. The van der Waals surface area contributed by atoms with Crippen molar-refractivity contribution < 1.29 is 18.4 Å². The van der Waals surface area contributed by atoms with E-state index in [0.29, 0.717) is 48.9 Å². The molecule has 7 nitrogen and oxygen atoms in total. The summed E-state index contributed by atoms with van der Waals surface area (Å²) in [4.78, 5) is 40.3. The van der Waals surface area contributed by atoms with Gasteiger partial charge in [0.25, 0.3) is 12.0 Å². The predicted octanol–water partition coefficient (Wildman–Crippen LogP) is 2.61. The van der Waals surface area contributed by atoms with E-state index >= 15 is 0 Å². The lowest BCUT2D eigenvalue weighted by molar-refractivity contribution is -0.134. The van der Waals surface area contributed by atoms with Crippen LogP contribution in [-0.4, -0.2) is 49.0 Å². The maximum absolute atomic E-state index is 12.7. The molecule has 2 amide bonds. The van der Waals surface area contributed by atoms with E-state index in [9.17, 15) is 23.2 Å². The van der Waals surface area contributed by atoms with Crippen molar-refractivity contribution in [1.29, 1.82) is 0 Å². The topological polar surface area (TPSA) is 74.7 Å². The Morgan fingerprint density at radius 2 is 1.66 bits per heavy atom. The minimum Gasteiger partial charge on any atom is -0.367 e. The van der Waals surface area contributed by atoms with E-state index in [-0.39, 0.29) is 18.2 Å². The number of rotatable bonds is 5. The number of carbonyl (C=O) groups is 2. The van der Waals surface area contributed by atoms with Crippen molar-refractivity contribution in [2.24, 2.45) is 0 Å². The molecule has 2 saturated heterocycles. The second-order valence-electron chi connectivity index (χ2n) is 7.90. The molecular formula is C22H23ClF2N4O3. The summed E-state index contributed by atoms with van der Waals surface area (Å²) in [6, 6.07) is 8.78. The number of halogens is 3. The number of nitrogens with one attached hydrogen (secondary N) is 1. The zero-order valence-electron chi connectivity index (χ0n) is 17.3. The van der Waals surface area contributed by atoms with E-state index in [1.165, 1.54) is 6.20 Å². The zero-order chi connectivity index (χ0) is 22.8. The average Bonchev–Trinajstić information content (AvgIpc) is 2.76. The van der Waals surface area contributed by atoms with Gasteiger partial charge in [0.2, 0.25) is 11.8 Å². The zero-order valence-corrected chi connectivity index (χ0v) is 18.0. The van der Waals surface area contributed by atoms with Crippen molar-refractivity contribution in [3.63, 3.8) is 0 Å². The van der Waals surface area contributed by atoms with E-state index in [0.717, 1.165) is 10.3 Å². The number of nitrogens with zero attached hydrogens (tertiary/aromatic N) is 3. The largest absolute Gasteiger partial charge is 0.367 e. The molecule has 2 aliphatic heterocycles. The maximum Gasteiger partial charge on any atom is 0.274 e. The summed E-state index contributed by atoms with van der Waals surface area (Å²) in [7, 11) is 0. The van der Waals surface area contributed by atoms with Gasteiger partial charge in [-0.3, -0.25) is 19.7 Å². The molecule has 2 aromatic rings. The number of amides is 2. The molecule has 0 spiro atoms. The number of piperazine rings is 1. The number of benzene rings is 1. The molecule has 1 aromatic heterocycles. The van der Waals surface area contributed by atoms with Crippen LogP contribution in [0.15, 0.2) is 41.3 Å². The first-order chi connectivity index (χ1) is 15.3. The highest BCUT2D eigenvalue weighted by atomic mass is 35.5. The number of imide groups is 1. The van der Waals surface area contributed by atoms with Crippen molar-refractivity contribution >= 4 is 34.8 Å². The smallest absolute Gasteiger partial charge is 0.274 e. The molecule has 1 aromatic carbocycles. The van der Waals surface area contributed by atoms with Crippen LogP contribution < -0.4 is 20.7 Å². The molecule has 1 N–H and O–H groups in total. The Morgan fingerprint density at radius 1 is 1.00 bits per heavy atom. The number of hydrogen-bond donors (Lipinski definition) is 1. The van der Waals surface area contributed by atoms with Gasteiger partial charge in [-0.05, 0) is 30.2 Å². The molecule has 1 atom stereocenters. The van der Waals surface area contributed by atoms with Crippen LogP contribution in [0.1, 0.15) is 24.3 Å². The molecule has 3 heterocycles. The summed E-state index contributed by atoms with van der Waals surface area (Å²) in [6.45, 7) is 1.55. The van der Waals surface area contributed by atoms with Crippen LogP contribution in [0.2, 0.25) is 5.02 Å². The maximum atomic E-state index is 12.7. The van der Waals surface area contributed by atoms with Crippen molar-refractivity contribution in [3.8, 4) is 0 Å². The van der Waals surface area contributed by atoms with Gasteiger partial charge in [-0.1, -0.05) is 23.7 Å². The van der Waals surface area contributed by atoms with E-state index in [2.05, 4.69) is 10.2 Å². The Kier molecular flexibility index (Phi) is 6.45. The Bertz CT molecular complexity index is 1080.